The molecule has 1 N–H and O–H groups in total. The largest absolute Gasteiger partial charge is 0.295 e. The SMILES string of the molecule is Cc1ccc(-c2ccc(N3C(=O)c4ccc(-c5ccc6c(c5)C(=O)N(C)C6=O)cc4C3=O)cc2S(=O)(=O)O)cc1. The maximum Gasteiger partial charge on any atom is 0.295 e. The number of hydrogen-bond donors (Lipinski definition) is 1. The number of hydrogen-bond acceptors (Lipinski definition) is 6. The third-order valence-electron chi connectivity index (χ3n) is 7.17. The number of amides is 4. The molecule has 9 nitrogen and oxygen atoms in total. The molecule has 0 fully saturated rings. The highest BCUT2D eigenvalue weighted by Crippen LogP contribution is 2.36. The lowest BCUT2D eigenvalue weighted by molar-refractivity contribution is 0.0692. The number of nitrogens with zero attached hydrogens (tertiary/aromatic N) is 2. The summed E-state index contributed by atoms with van der Waals surface area (Å²) in [5.74, 6) is -2.13. The Balaban J connectivity index is 1.39. The van der Waals surface area contributed by atoms with Crippen LogP contribution in [0.4, 0.5) is 5.69 Å². The Morgan fingerprint density at radius 2 is 1.05 bits per heavy atom. The summed E-state index contributed by atoms with van der Waals surface area (Å²) in [4.78, 5) is 52.9. The number of carbonyl (C=O) groups excluding carboxylic acids is 4. The normalized spacial score (nSPS) is 14.7. The van der Waals surface area contributed by atoms with Gasteiger partial charge in [-0.15, -0.1) is 0 Å². The van der Waals surface area contributed by atoms with E-state index < -0.39 is 38.6 Å². The van der Waals surface area contributed by atoms with Gasteiger partial charge in [0.1, 0.15) is 4.90 Å². The third kappa shape index (κ3) is 3.84. The van der Waals surface area contributed by atoms with Crippen molar-refractivity contribution < 1.29 is 32.1 Å². The number of carbonyl (C=O) groups is 4. The van der Waals surface area contributed by atoms with Crippen LogP contribution in [0.3, 0.4) is 0 Å². The summed E-state index contributed by atoms with van der Waals surface area (Å²) in [5, 5.41) is 0. The zero-order valence-electron chi connectivity index (χ0n) is 21.2. The predicted molar refractivity (Wildman–Crippen MR) is 146 cm³/mol. The minimum absolute atomic E-state index is 0.0130. The van der Waals surface area contributed by atoms with Crippen LogP contribution >= 0.6 is 0 Å². The number of benzene rings is 4. The quantitative estimate of drug-likeness (QED) is 0.289. The van der Waals surface area contributed by atoms with Crippen molar-refractivity contribution in [2.24, 2.45) is 0 Å². The average molecular weight is 553 g/mol. The molecule has 0 radical (unpaired) electrons. The zero-order chi connectivity index (χ0) is 28.5. The van der Waals surface area contributed by atoms with Crippen LogP contribution in [0.2, 0.25) is 0 Å². The molecule has 4 aromatic rings. The van der Waals surface area contributed by atoms with Crippen LogP contribution in [0.5, 0.6) is 0 Å². The smallest absolute Gasteiger partial charge is 0.282 e. The highest BCUT2D eigenvalue weighted by atomic mass is 32.2. The molecule has 2 heterocycles. The molecule has 0 aliphatic carbocycles. The number of rotatable bonds is 4. The van der Waals surface area contributed by atoms with E-state index >= 15 is 0 Å². The molecule has 4 amide bonds. The molecular formula is C30H20N2O7S. The van der Waals surface area contributed by atoms with E-state index in [0.29, 0.717) is 22.3 Å². The van der Waals surface area contributed by atoms with E-state index in [2.05, 4.69) is 0 Å². The Hall–Kier alpha value is -4.93. The number of aryl methyl sites for hydroxylation is 1. The molecule has 4 aromatic carbocycles. The van der Waals surface area contributed by atoms with E-state index in [4.69, 9.17) is 0 Å². The lowest BCUT2D eigenvalue weighted by Crippen LogP contribution is -2.29. The van der Waals surface area contributed by atoms with Gasteiger partial charge in [-0.3, -0.25) is 28.6 Å². The molecule has 0 unspecified atom stereocenters. The van der Waals surface area contributed by atoms with Gasteiger partial charge in [-0.2, -0.15) is 8.42 Å². The second-order valence-corrected chi connectivity index (χ2v) is 11.0. The van der Waals surface area contributed by atoms with Gasteiger partial charge in [0.15, 0.2) is 0 Å². The van der Waals surface area contributed by atoms with Crippen molar-refractivity contribution in [2.45, 2.75) is 11.8 Å². The van der Waals surface area contributed by atoms with Crippen molar-refractivity contribution in [3.8, 4) is 22.3 Å². The molecule has 6 rings (SSSR count). The summed E-state index contributed by atoms with van der Waals surface area (Å²) in [5.41, 5.74) is 3.60. The van der Waals surface area contributed by atoms with Crippen LogP contribution in [0.1, 0.15) is 47.0 Å². The number of fused-ring (bicyclic) bond motifs is 2. The standard InChI is InChI=1S/C30H20N2O7S/c1-16-3-5-17(6-4-16)21-12-9-20(15-26(21)40(37,38)39)32-29(35)23-11-8-19(14-25(23)30(32)36)18-7-10-22-24(13-18)28(34)31(2)27(22)33/h3-15H,1-2H3,(H,37,38,39). The molecule has 198 valence electrons. The lowest BCUT2D eigenvalue weighted by atomic mass is 9.97. The maximum absolute atomic E-state index is 13.5. The molecular weight excluding hydrogens is 532 g/mol. The molecule has 0 atom stereocenters. The molecule has 0 spiro atoms. The highest BCUT2D eigenvalue weighted by Gasteiger charge is 2.38. The Kier molecular flexibility index (Phi) is 5.58. The number of imide groups is 2. The fourth-order valence-corrected chi connectivity index (χ4v) is 5.76. The van der Waals surface area contributed by atoms with Gasteiger partial charge >= 0.3 is 0 Å². The van der Waals surface area contributed by atoms with Crippen LogP contribution in [-0.2, 0) is 10.1 Å². The predicted octanol–water partition coefficient (Wildman–Crippen LogP) is 4.60. The van der Waals surface area contributed by atoms with Crippen molar-refractivity contribution in [3.05, 3.63) is 107 Å². The molecule has 2 aliphatic heterocycles. The topological polar surface area (TPSA) is 129 Å². The first kappa shape index (κ1) is 25.4. The third-order valence-corrected chi connectivity index (χ3v) is 8.07. The first-order valence-electron chi connectivity index (χ1n) is 12.1. The van der Waals surface area contributed by atoms with E-state index in [1.54, 1.807) is 48.5 Å². The van der Waals surface area contributed by atoms with Crippen LogP contribution in [-0.4, -0.2) is 48.5 Å². The van der Waals surface area contributed by atoms with E-state index in [1.807, 2.05) is 6.92 Å². The summed E-state index contributed by atoms with van der Waals surface area (Å²) in [6, 6.07) is 20.4. The molecule has 10 heteroatoms. The summed E-state index contributed by atoms with van der Waals surface area (Å²) >= 11 is 0. The minimum atomic E-state index is -4.71. The van der Waals surface area contributed by atoms with Crippen LogP contribution in [0, 0.1) is 6.92 Å². The minimum Gasteiger partial charge on any atom is -0.282 e. The van der Waals surface area contributed by atoms with Gasteiger partial charge in [0.2, 0.25) is 0 Å². The summed E-state index contributed by atoms with van der Waals surface area (Å²) in [6.07, 6.45) is 0. The molecule has 0 saturated heterocycles. The fraction of sp³-hybridized carbons (Fsp3) is 0.0667. The molecule has 2 aliphatic rings. The average Bonchev–Trinajstić information content (AvgIpc) is 3.31. The fourth-order valence-electron chi connectivity index (χ4n) is 5.03. The summed E-state index contributed by atoms with van der Waals surface area (Å²) < 4.78 is 34.6. The molecule has 0 aromatic heterocycles. The van der Waals surface area contributed by atoms with Crippen molar-refractivity contribution in [1.82, 2.24) is 4.90 Å². The van der Waals surface area contributed by atoms with Crippen LogP contribution in [0.15, 0.2) is 83.8 Å². The van der Waals surface area contributed by atoms with Gasteiger partial charge in [0, 0.05) is 12.6 Å². The summed E-state index contributed by atoms with van der Waals surface area (Å²) in [7, 11) is -3.31. The maximum atomic E-state index is 13.5. The first-order valence-corrected chi connectivity index (χ1v) is 13.6. The van der Waals surface area contributed by atoms with E-state index in [9.17, 15) is 32.1 Å². The Morgan fingerprint density at radius 1 is 0.575 bits per heavy atom. The Labute approximate surface area is 229 Å². The van der Waals surface area contributed by atoms with Crippen molar-refractivity contribution in [1.29, 1.82) is 0 Å². The van der Waals surface area contributed by atoms with E-state index in [0.717, 1.165) is 21.4 Å². The lowest BCUT2D eigenvalue weighted by Gasteiger charge is -2.17. The summed E-state index contributed by atoms with van der Waals surface area (Å²) in [6.45, 7) is 1.88. The van der Waals surface area contributed by atoms with Gasteiger partial charge in [0.05, 0.1) is 27.9 Å². The van der Waals surface area contributed by atoms with Gasteiger partial charge in [0.25, 0.3) is 33.7 Å². The van der Waals surface area contributed by atoms with E-state index in [-0.39, 0.29) is 27.9 Å². The zero-order valence-corrected chi connectivity index (χ0v) is 22.0. The van der Waals surface area contributed by atoms with Crippen LogP contribution in [0.25, 0.3) is 22.3 Å². The molecule has 0 saturated carbocycles. The second kappa shape index (κ2) is 8.80. The van der Waals surface area contributed by atoms with Gasteiger partial charge in [-0.25, -0.2) is 4.90 Å². The van der Waals surface area contributed by atoms with Crippen molar-refractivity contribution in [3.63, 3.8) is 0 Å². The molecule has 0 bridgehead atoms. The van der Waals surface area contributed by atoms with Gasteiger partial charge in [-0.1, -0.05) is 48.0 Å². The van der Waals surface area contributed by atoms with Gasteiger partial charge in [-0.05, 0) is 60.0 Å². The van der Waals surface area contributed by atoms with Crippen molar-refractivity contribution >= 4 is 39.4 Å². The first-order chi connectivity index (χ1) is 19.0. The van der Waals surface area contributed by atoms with Crippen molar-refractivity contribution in [2.75, 3.05) is 11.9 Å². The van der Waals surface area contributed by atoms with Gasteiger partial charge < -0.3 is 0 Å². The molecule has 40 heavy (non-hydrogen) atoms. The van der Waals surface area contributed by atoms with E-state index in [1.165, 1.54) is 31.3 Å². The Morgan fingerprint density at radius 3 is 1.65 bits per heavy atom. The Bertz CT molecular complexity index is 1930. The monoisotopic (exact) mass is 552 g/mol. The van der Waals surface area contributed by atoms with Crippen LogP contribution < -0.4 is 4.90 Å². The second-order valence-electron chi connectivity index (χ2n) is 9.66. The highest BCUT2D eigenvalue weighted by molar-refractivity contribution is 7.86. The number of anilines is 1.